The number of benzene rings is 2. The zero-order chi connectivity index (χ0) is 36.0. The molecule has 0 spiro atoms. The van der Waals surface area contributed by atoms with Crippen molar-refractivity contribution in [3.05, 3.63) is 110 Å². The fourth-order valence-electron chi connectivity index (χ4n) is 6.27. The third-order valence-corrected chi connectivity index (χ3v) is 9.18. The number of H-pyrrole nitrogens is 1. The molecule has 7 rings (SSSR count). The summed E-state index contributed by atoms with van der Waals surface area (Å²) in [7, 11) is 0. The summed E-state index contributed by atoms with van der Waals surface area (Å²) in [6.07, 6.45) is -0.0409. The second-order valence-electron chi connectivity index (χ2n) is 11.9. The molecule has 1 saturated heterocycles. The number of fused-ring (bicyclic) bond motifs is 4. The van der Waals surface area contributed by atoms with Gasteiger partial charge in [-0.15, -0.1) is 0 Å². The molecule has 3 N–H and O–H groups in total. The van der Waals surface area contributed by atoms with E-state index in [2.05, 4.69) is 35.5 Å². The molecule has 10 nitrogen and oxygen atoms in total. The maximum Gasteiger partial charge on any atom is 0.422 e. The van der Waals surface area contributed by atoms with Gasteiger partial charge in [-0.25, -0.2) is 28.6 Å². The Balaban J connectivity index is 1.02. The molecule has 2 bridgehead atoms. The van der Waals surface area contributed by atoms with Crippen LogP contribution < -0.4 is 20.9 Å². The van der Waals surface area contributed by atoms with Crippen molar-refractivity contribution >= 4 is 46.4 Å². The van der Waals surface area contributed by atoms with E-state index in [0.29, 0.717) is 35.2 Å². The van der Waals surface area contributed by atoms with Gasteiger partial charge in [-0.2, -0.15) is 18.3 Å². The van der Waals surface area contributed by atoms with Crippen LogP contribution in [0.4, 0.5) is 43.9 Å². The third kappa shape index (κ3) is 7.17. The largest absolute Gasteiger partial charge is 0.468 e. The number of carbonyl (C=O) groups excluding carboxylic acids is 1. The van der Waals surface area contributed by atoms with Crippen molar-refractivity contribution < 1.29 is 31.5 Å². The third-order valence-electron chi connectivity index (χ3n) is 8.55. The molecule has 0 unspecified atom stereocenters. The summed E-state index contributed by atoms with van der Waals surface area (Å²) in [5, 5.41) is 12.3. The molecule has 0 radical (unpaired) electrons. The molecule has 2 atom stereocenters. The molecule has 2 aliphatic rings. The number of urea groups is 1. The van der Waals surface area contributed by atoms with Crippen LogP contribution in [0.5, 0.6) is 5.88 Å². The first kappa shape index (κ1) is 34.2. The molecule has 51 heavy (non-hydrogen) atoms. The molecule has 3 aromatic heterocycles. The standard InChI is InChI=1S/C34H24Cl2F5N7O3/c35-22-11-26(24(37)9-21(22)17-2-6-31(43-14-17)51-15-34(39,40)41)44-29-5-1-16(13-42-29)20-10-25(38)27(12-23(20)36)45-33(50)48-19-3-4-28(48)32-18(7-19)8-30(49)46-47-32/h1-2,5-6,8-14,19,28H,3-4,7,15H2,(H,42,44)(H,45,50)(H,46,49)/t19-,28+/m0/s1. The zero-order valence-electron chi connectivity index (χ0n) is 26.0. The first-order valence-corrected chi connectivity index (χ1v) is 16.1. The van der Waals surface area contributed by atoms with Crippen molar-refractivity contribution in [3.63, 3.8) is 0 Å². The van der Waals surface area contributed by atoms with Gasteiger partial charge in [-0.1, -0.05) is 23.2 Å². The smallest absolute Gasteiger partial charge is 0.422 e. The number of aromatic nitrogens is 4. The number of ether oxygens (including phenoxy) is 1. The SMILES string of the molecule is O=C(Nc1cc(Cl)c(-c2ccc(Nc3cc(Cl)c(-c4ccc(OCC(F)(F)F)nc4)cc3F)nc2)cc1F)N1[C@H]2CC[C@@H]1c1n[nH]c(=O)cc1C2. The second kappa shape index (κ2) is 13.5. The lowest BCUT2D eigenvalue weighted by molar-refractivity contribution is -0.154. The Bertz CT molecular complexity index is 2200. The van der Waals surface area contributed by atoms with Crippen LogP contribution in [0.2, 0.25) is 10.0 Å². The Labute approximate surface area is 295 Å². The summed E-state index contributed by atoms with van der Waals surface area (Å²) in [4.78, 5) is 34.8. The Kier molecular flexibility index (Phi) is 9.01. The fraction of sp³-hybridized carbons (Fsp3) is 0.206. The van der Waals surface area contributed by atoms with Gasteiger partial charge < -0.3 is 20.3 Å². The van der Waals surface area contributed by atoms with Crippen LogP contribution in [0.25, 0.3) is 22.3 Å². The van der Waals surface area contributed by atoms with E-state index in [1.807, 2.05) is 0 Å². The molecule has 0 saturated carbocycles. The minimum absolute atomic E-state index is 0.0130. The molecule has 2 amide bonds. The summed E-state index contributed by atoms with van der Waals surface area (Å²) >= 11 is 12.9. The Hall–Kier alpha value is -5.28. The van der Waals surface area contributed by atoms with Gasteiger partial charge in [-0.05, 0) is 67.3 Å². The average Bonchev–Trinajstić information content (AvgIpc) is 3.41. The molecular formula is C34H24Cl2F5N7O3. The molecule has 5 aromatic rings. The van der Waals surface area contributed by atoms with Gasteiger partial charge in [-0.3, -0.25) is 4.79 Å². The highest BCUT2D eigenvalue weighted by Crippen LogP contribution is 2.43. The van der Waals surface area contributed by atoms with Crippen molar-refractivity contribution in [3.8, 4) is 28.1 Å². The maximum absolute atomic E-state index is 15.4. The highest BCUT2D eigenvalue weighted by molar-refractivity contribution is 6.34. The van der Waals surface area contributed by atoms with E-state index in [0.717, 1.165) is 18.1 Å². The van der Waals surface area contributed by atoms with Crippen molar-refractivity contribution in [1.82, 2.24) is 25.1 Å². The summed E-state index contributed by atoms with van der Waals surface area (Å²) < 4.78 is 72.3. The quantitative estimate of drug-likeness (QED) is 0.143. The van der Waals surface area contributed by atoms with Gasteiger partial charge in [0.05, 0.1) is 33.2 Å². The van der Waals surface area contributed by atoms with Gasteiger partial charge in [0, 0.05) is 52.8 Å². The van der Waals surface area contributed by atoms with Gasteiger partial charge >= 0.3 is 12.2 Å². The zero-order valence-corrected chi connectivity index (χ0v) is 27.5. The number of pyridine rings is 2. The Morgan fingerprint density at radius 3 is 2.24 bits per heavy atom. The topological polar surface area (TPSA) is 125 Å². The first-order chi connectivity index (χ1) is 24.3. The number of halogens is 7. The lowest BCUT2D eigenvalue weighted by atomic mass is 9.99. The monoisotopic (exact) mass is 743 g/mol. The summed E-state index contributed by atoms with van der Waals surface area (Å²) in [6.45, 7) is -1.50. The predicted molar refractivity (Wildman–Crippen MR) is 179 cm³/mol. The number of nitrogens with one attached hydrogen (secondary N) is 3. The average molecular weight is 745 g/mol. The van der Waals surface area contributed by atoms with Crippen LogP contribution in [0.3, 0.4) is 0 Å². The van der Waals surface area contributed by atoms with E-state index < -0.39 is 30.4 Å². The first-order valence-electron chi connectivity index (χ1n) is 15.4. The van der Waals surface area contributed by atoms with E-state index in [-0.39, 0.29) is 56.3 Å². The minimum atomic E-state index is -4.52. The van der Waals surface area contributed by atoms with E-state index in [9.17, 15) is 22.8 Å². The van der Waals surface area contributed by atoms with Crippen molar-refractivity contribution in [2.75, 3.05) is 17.2 Å². The molecule has 262 valence electrons. The number of aromatic amines is 1. The van der Waals surface area contributed by atoms with Gasteiger partial charge in [0.15, 0.2) is 6.61 Å². The van der Waals surface area contributed by atoms with Crippen LogP contribution in [0.15, 0.2) is 71.8 Å². The van der Waals surface area contributed by atoms with Gasteiger partial charge in [0.2, 0.25) is 5.88 Å². The van der Waals surface area contributed by atoms with Gasteiger partial charge in [0.25, 0.3) is 5.56 Å². The number of hydrogen-bond acceptors (Lipinski definition) is 7. The highest BCUT2D eigenvalue weighted by Gasteiger charge is 2.44. The van der Waals surface area contributed by atoms with E-state index in [1.165, 1.54) is 54.9 Å². The minimum Gasteiger partial charge on any atom is -0.468 e. The lowest BCUT2D eigenvalue weighted by Gasteiger charge is -2.35. The molecule has 5 heterocycles. The number of alkyl halides is 3. The van der Waals surface area contributed by atoms with Crippen LogP contribution in [0, 0.1) is 11.6 Å². The molecular weight excluding hydrogens is 720 g/mol. The predicted octanol–water partition coefficient (Wildman–Crippen LogP) is 8.46. The van der Waals surface area contributed by atoms with Crippen LogP contribution >= 0.6 is 23.2 Å². The van der Waals surface area contributed by atoms with Crippen molar-refractivity contribution in [2.45, 2.75) is 37.5 Å². The Morgan fingerprint density at radius 1 is 0.922 bits per heavy atom. The van der Waals surface area contributed by atoms with E-state index in [4.69, 9.17) is 23.2 Å². The molecule has 2 aromatic carbocycles. The number of amides is 2. The number of rotatable bonds is 7. The molecule has 17 heteroatoms. The Morgan fingerprint density at radius 2 is 1.59 bits per heavy atom. The summed E-state index contributed by atoms with van der Waals surface area (Å²) in [6, 6.07) is 11.2. The second-order valence-corrected chi connectivity index (χ2v) is 12.7. The van der Waals surface area contributed by atoms with Crippen LogP contribution in [-0.2, 0) is 6.42 Å². The summed E-state index contributed by atoms with van der Waals surface area (Å²) in [5.41, 5.74) is 2.33. The highest BCUT2D eigenvalue weighted by atomic mass is 35.5. The normalized spacial score (nSPS) is 16.5. The number of nitrogens with zero attached hydrogens (tertiary/aromatic N) is 4. The fourth-order valence-corrected chi connectivity index (χ4v) is 6.82. The number of hydrogen-bond donors (Lipinski definition) is 3. The number of carbonyl (C=O) groups is 1. The van der Waals surface area contributed by atoms with Gasteiger partial charge in [0.1, 0.15) is 17.5 Å². The molecule has 2 aliphatic heterocycles. The number of anilines is 3. The molecule has 1 fully saturated rings. The lowest BCUT2D eigenvalue weighted by Crippen LogP contribution is -2.45. The van der Waals surface area contributed by atoms with Crippen LogP contribution in [0.1, 0.15) is 30.1 Å². The van der Waals surface area contributed by atoms with Crippen molar-refractivity contribution in [2.24, 2.45) is 0 Å². The van der Waals surface area contributed by atoms with E-state index in [1.54, 1.807) is 11.0 Å². The summed E-state index contributed by atoms with van der Waals surface area (Å²) in [5.74, 6) is -1.45. The molecule has 0 aliphatic carbocycles. The van der Waals surface area contributed by atoms with Crippen molar-refractivity contribution in [1.29, 1.82) is 0 Å². The van der Waals surface area contributed by atoms with Crippen LogP contribution in [-0.4, -0.2) is 49.9 Å². The van der Waals surface area contributed by atoms with E-state index >= 15 is 8.78 Å². The maximum atomic E-state index is 15.4.